The molecule has 0 amide bonds. The third-order valence-electron chi connectivity index (χ3n) is 3.63. The van der Waals surface area contributed by atoms with Crippen LogP contribution in [0.4, 0.5) is 0 Å². The maximum Gasteiger partial charge on any atom is 0.170 e. The first-order valence-corrected chi connectivity index (χ1v) is 6.59. The summed E-state index contributed by atoms with van der Waals surface area (Å²) in [5.74, 6) is 0.117. The molecule has 1 saturated heterocycles. The SMILES string of the molecule is COC1(CNCc2ccc(/C(N)=N/O)cc2)CCOC1. The van der Waals surface area contributed by atoms with Gasteiger partial charge >= 0.3 is 0 Å². The summed E-state index contributed by atoms with van der Waals surface area (Å²) >= 11 is 0. The van der Waals surface area contributed by atoms with Crippen molar-refractivity contribution in [1.29, 1.82) is 0 Å². The van der Waals surface area contributed by atoms with Crippen LogP contribution < -0.4 is 11.1 Å². The Hall–Kier alpha value is -1.63. The molecule has 0 saturated carbocycles. The molecule has 6 heteroatoms. The van der Waals surface area contributed by atoms with Gasteiger partial charge in [0.25, 0.3) is 0 Å². The Labute approximate surface area is 118 Å². The number of benzene rings is 1. The van der Waals surface area contributed by atoms with E-state index in [9.17, 15) is 0 Å². The second kappa shape index (κ2) is 6.69. The molecule has 0 bridgehead atoms. The molecule has 4 N–H and O–H groups in total. The number of nitrogens with two attached hydrogens (primary N) is 1. The first-order valence-electron chi connectivity index (χ1n) is 6.59. The molecule has 1 aromatic rings. The predicted octanol–water partition coefficient (Wildman–Crippen LogP) is 0.676. The summed E-state index contributed by atoms with van der Waals surface area (Å²) < 4.78 is 10.9. The number of nitrogens with one attached hydrogen (secondary N) is 1. The van der Waals surface area contributed by atoms with Gasteiger partial charge in [0.05, 0.1) is 6.61 Å². The Morgan fingerprint density at radius 3 is 2.80 bits per heavy atom. The minimum Gasteiger partial charge on any atom is -0.409 e. The first-order chi connectivity index (χ1) is 9.69. The third-order valence-corrected chi connectivity index (χ3v) is 3.63. The standard InChI is InChI=1S/C14H21N3O3/c1-19-14(6-7-20-10-14)9-16-8-11-2-4-12(5-3-11)13(15)17-18/h2-5,16,18H,6-10H2,1H3,(H2,15,17). The maximum atomic E-state index is 8.60. The van der Waals surface area contributed by atoms with Crippen LogP contribution in [0.25, 0.3) is 0 Å². The van der Waals surface area contributed by atoms with Gasteiger partial charge in [-0.3, -0.25) is 0 Å². The summed E-state index contributed by atoms with van der Waals surface area (Å²) in [4.78, 5) is 0. The molecule has 1 aliphatic heterocycles. The van der Waals surface area contributed by atoms with Crippen molar-refractivity contribution in [2.75, 3.05) is 26.9 Å². The molecule has 1 aromatic carbocycles. The Morgan fingerprint density at radius 1 is 1.50 bits per heavy atom. The zero-order valence-electron chi connectivity index (χ0n) is 11.6. The van der Waals surface area contributed by atoms with Crippen LogP contribution in [-0.4, -0.2) is 43.5 Å². The molecular weight excluding hydrogens is 258 g/mol. The molecule has 2 rings (SSSR count). The number of hydrogen-bond acceptors (Lipinski definition) is 5. The summed E-state index contributed by atoms with van der Waals surface area (Å²) in [5.41, 5.74) is 7.15. The molecule has 1 aliphatic rings. The van der Waals surface area contributed by atoms with Gasteiger partial charge in [-0.25, -0.2) is 0 Å². The Bertz CT molecular complexity index is 453. The number of hydrogen-bond donors (Lipinski definition) is 3. The molecule has 0 spiro atoms. The maximum absolute atomic E-state index is 8.60. The van der Waals surface area contributed by atoms with E-state index in [-0.39, 0.29) is 11.4 Å². The number of methoxy groups -OCH3 is 1. The minimum absolute atomic E-state index is 0.117. The van der Waals surface area contributed by atoms with E-state index in [2.05, 4.69) is 10.5 Å². The smallest absolute Gasteiger partial charge is 0.170 e. The third kappa shape index (κ3) is 3.47. The second-order valence-corrected chi connectivity index (χ2v) is 4.98. The number of ether oxygens (including phenoxy) is 2. The lowest BCUT2D eigenvalue weighted by molar-refractivity contribution is -0.0159. The van der Waals surface area contributed by atoms with E-state index in [1.165, 1.54) is 0 Å². The summed E-state index contributed by atoms with van der Waals surface area (Å²) in [7, 11) is 1.72. The van der Waals surface area contributed by atoms with Crippen molar-refractivity contribution in [2.45, 2.75) is 18.6 Å². The molecule has 6 nitrogen and oxygen atoms in total. The average molecular weight is 279 g/mol. The number of rotatable bonds is 6. The van der Waals surface area contributed by atoms with Crippen LogP contribution in [0.5, 0.6) is 0 Å². The fraction of sp³-hybridized carbons (Fsp3) is 0.500. The molecular formula is C14H21N3O3. The Morgan fingerprint density at radius 2 is 2.25 bits per heavy atom. The van der Waals surface area contributed by atoms with Crippen LogP contribution in [0, 0.1) is 0 Å². The minimum atomic E-state index is -0.200. The quantitative estimate of drug-likeness (QED) is 0.308. The summed E-state index contributed by atoms with van der Waals surface area (Å²) in [6.07, 6.45) is 0.916. The lowest BCUT2D eigenvalue weighted by atomic mass is 10.0. The van der Waals surface area contributed by atoms with E-state index in [1.54, 1.807) is 7.11 Å². The van der Waals surface area contributed by atoms with Crippen molar-refractivity contribution < 1.29 is 14.7 Å². The first kappa shape index (κ1) is 14.8. The van der Waals surface area contributed by atoms with Crippen LogP contribution >= 0.6 is 0 Å². The number of oxime groups is 1. The number of amidine groups is 1. The Kier molecular flexibility index (Phi) is 4.94. The van der Waals surface area contributed by atoms with Gasteiger partial charge in [0, 0.05) is 38.8 Å². The van der Waals surface area contributed by atoms with E-state index in [1.807, 2.05) is 24.3 Å². The van der Waals surface area contributed by atoms with Gasteiger partial charge in [-0.05, 0) is 5.56 Å². The van der Waals surface area contributed by atoms with Gasteiger partial charge < -0.3 is 25.7 Å². The van der Waals surface area contributed by atoms with Crippen molar-refractivity contribution in [2.24, 2.45) is 10.9 Å². The van der Waals surface area contributed by atoms with Crippen molar-refractivity contribution in [3.63, 3.8) is 0 Å². The van der Waals surface area contributed by atoms with Crippen LogP contribution in [0.15, 0.2) is 29.4 Å². The van der Waals surface area contributed by atoms with E-state index in [0.29, 0.717) is 12.2 Å². The predicted molar refractivity (Wildman–Crippen MR) is 75.8 cm³/mol. The molecule has 0 aromatic heterocycles. The van der Waals surface area contributed by atoms with E-state index in [0.717, 1.165) is 31.7 Å². The van der Waals surface area contributed by atoms with E-state index >= 15 is 0 Å². The molecule has 20 heavy (non-hydrogen) atoms. The van der Waals surface area contributed by atoms with Crippen LogP contribution in [-0.2, 0) is 16.0 Å². The monoisotopic (exact) mass is 279 g/mol. The lowest BCUT2D eigenvalue weighted by Crippen LogP contribution is -2.42. The highest BCUT2D eigenvalue weighted by Crippen LogP contribution is 2.21. The fourth-order valence-electron chi connectivity index (χ4n) is 2.25. The van der Waals surface area contributed by atoms with Gasteiger partial charge in [0.1, 0.15) is 5.60 Å². The van der Waals surface area contributed by atoms with E-state index < -0.39 is 0 Å². The molecule has 1 fully saturated rings. The molecule has 1 unspecified atom stereocenters. The van der Waals surface area contributed by atoms with Gasteiger partial charge in [0.15, 0.2) is 5.84 Å². The lowest BCUT2D eigenvalue weighted by Gasteiger charge is -2.26. The average Bonchev–Trinajstić information content (AvgIpc) is 2.96. The highest BCUT2D eigenvalue weighted by Gasteiger charge is 2.34. The molecule has 0 radical (unpaired) electrons. The van der Waals surface area contributed by atoms with E-state index in [4.69, 9.17) is 20.4 Å². The van der Waals surface area contributed by atoms with Gasteiger partial charge in [-0.15, -0.1) is 0 Å². The normalized spacial score (nSPS) is 23.1. The molecule has 0 aliphatic carbocycles. The highest BCUT2D eigenvalue weighted by molar-refractivity contribution is 5.96. The zero-order valence-corrected chi connectivity index (χ0v) is 11.6. The zero-order chi connectivity index (χ0) is 14.4. The summed E-state index contributed by atoms with van der Waals surface area (Å²) in [5, 5.41) is 15.0. The van der Waals surface area contributed by atoms with Crippen molar-refractivity contribution in [3.8, 4) is 0 Å². The van der Waals surface area contributed by atoms with Gasteiger partial charge in [-0.2, -0.15) is 0 Å². The number of nitrogens with zero attached hydrogens (tertiary/aromatic N) is 1. The Balaban J connectivity index is 1.85. The van der Waals surface area contributed by atoms with Crippen molar-refractivity contribution in [3.05, 3.63) is 35.4 Å². The van der Waals surface area contributed by atoms with Crippen LogP contribution in [0.3, 0.4) is 0 Å². The van der Waals surface area contributed by atoms with Crippen molar-refractivity contribution >= 4 is 5.84 Å². The van der Waals surface area contributed by atoms with Crippen LogP contribution in [0.1, 0.15) is 17.5 Å². The van der Waals surface area contributed by atoms with Crippen LogP contribution in [0.2, 0.25) is 0 Å². The summed E-state index contributed by atoms with van der Waals surface area (Å²) in [6.45, 7) is 2.88. The van der Waals surface area contributed by atoms with Gasteiger partial charge in [-0.1, -0.05) is 29.4 Å². The van der Waals surface area contributed by atoms with Crippen molar-refractivity contribution in [1.82, 2.24) is 5.32 Å². The van der Waals surface area contributed by atoms with Gasteiger partial charge in [0.2, 0.25) is 0 Å². The molecule has 110 valence electrons. The summed E-state index contributed by atoms with van der Waals surface area (Å²) in [6, 6.07) is 7.56. The second-order valence-electron chi connectivity index (χ2n) is 4.98. The highest BCUT2D eigenvalue weighted by atomic mass is 16.5. The fourth-order valence-corrected chi connectivity index (χ4v) is 2.25. The molecule has 1 heterocycles. The topological polar surface area (TPSA) is 89.1 Å². The largest absolute Gasteiger partial charge is 0.409 e. The molecule has 1 atom stereocenters.